The lowest BCUT2D eigenvalue weighted by molar-refractivity contribution is -0.0307. The van der Waals surface area contributed by atoms with Crippen LogP contribution in [0.3, 0.4) is 0 Å². The first-order chi connectivity index (χ1) is 8.63. The average Bonchev–Trinajstić information content (AvgIpc) is 2.95. The highest BCUT2D eigenvalue weighted by Gasteiger charge is 2.36. The molecule has 0 radical (unpaired) electrons. The number of hydrogen-bond acceptors (Lipinski definition) is 4. The van der Waals surface area contributed by atoms with E-state index in [0.717, 1.165) is 18.7 Å². The standard InChI is InChI=1S/C12H18N4O2/c1-7(2)10-13-11(15-14-10)12(17)16-5-8-3-4-9(6-16)18-8/h7-9H,3-6H2,1-2H3,(H,13,14,15). The number of likely N-dealkylation sites (tertiary alicyclic amines) is 1. The first kappa shape index (κ1) is 11.6. The Balaban J connectivity index is 1.73. The van der Waals surface area contributed by atoms with Gasteiger partial charge in [0.05, 0.1) is 12.2 Å². The Labute approximate surface area is 106 Å². The number of carbonyl (C=O) groups excluding carboxylic acids is 1. The third-order valence-corrected chi connectivity index (χ3v) is 3.57. The van der Waals surface area contributed by atoms with Gasteiger partial charge in [0.2, 0.25) is 5.82 Å². The summed E-state index contributed by atoms with van der Waals surface area (Å²) in [5, 5.41) is 6.84. The molecule has 18 heavy (non-hydrogen) atoms. The highest BCUT2D eigenvalue weighted by atomic mass is 16.5. The highest BCUT2D eigenvalue weighted by molar-refractivity contribution is 5.90. The predicted molar refractivity (Wildman–Crippen MR) is 64.3 cm³/mol. The van der Waals surface area contributed by atoms with E-state index in [9.17, 15) is 4.79 Å². The SMILES string of the molecule is CC(C)c1nc(C(=O)N2CC3CCC(C2)O3)n[nH]1. The molecule has 0 aromatic carbocycles. The summed E-state index contributed by atoms with van der Waals surface area (Å²) in [6.45, 7) is 5.37. The summed E-state index contributed by atoms with van der Waals surface area (Å²) < 4.78 is 5.71. The fourth-order valence-electron chi connectivity index (χ4n) is 2.55. The van der Waals surface area contributed by atoms with Gasteiger partial charge in [-0.05, 0) is 12.8 Å². The molecule has 3 heterocycles. The third-order valence-electron chi connectivity index (χ3n) is 3.57. The molecule has 0 aliphatic carbocycles. The van der Waals surface area contributed by atoms with Crippen molar-refractivity contribution in [1.29, 1.82) is 0 Å². The van der Waals surface area contributed by atoms with Crippen LogP contribution in [0.15, 0.2) is 0 Å². The second-order valence-electron chi connectivity index (χ2n) is 5.37. The number of aromatic nitrogens is 3. The first-order valence-corrected chi connectivity index (χ1v) is 6.50. The van der Waals surface area contributed by atoms with Crippen molar-refractivity contribution in [1.82, 2.24) is 20.1 Å². The van der Waals surface area contributed by atoms with Crippen LogP contribution in [-0.2, 0) is 4.74 Å². The molecule has 0 saturated carbocycles. The van der Waals surface area contributed by atoms with Gasteiger partial charge in [-0.25, -0.2) is 4.98 Å². The number of aromatic amines is 1. The van der Waals surface area contributed by atoms with Crippen LogP contribution in [0.5, 0.6) is 0 Å². The van der Waals surface area contributed by atoms with Gasteiger partial charge in [-0.1, -0.05) is 13.8 Å². The minimum absolute atomic E-state index is 0.0849. The van der Waals surface area contributed by atoms with Gasteiger partial charge in [-0.3, -0.25) is 9.89 Å². The third kappa shape index (κ3) is 2.01. The average molecular weight is 250 g/mol. The lowest BCUT2D eigenvalue weighted by Gasteiger charge is -2.31. The normalized spacial score (nSPS) is 26.9. The summed E-state index contributed by atoms with van der Waals surface area (Å²) in [6.07, 6.45) is 2.52. The number of fused-ring (bicyclic) bond motifs is 2. The van der Waals surface area contributed by atoms with Crippen LogP contribution in [0.1, 0.15) is 49.1 Å². The Hall–Kier alpha value is -1.43. The molecule has 1 amide bonds. The zero-order valence-electron chi connectivity index (χ0n) is 10.7. The van der Waals surface area contributed by atoms with Crippen molar-refractivity contribution in [2.24, 2.45) is 0 Å². The molecular weight excluding hydrogens is 232 g/mol. The van der Waals surface area contributed by atoms with E-state index in [2.05, 4.69) is 15.2 Å². The Morgan fingerprint density at radius 1 is 1.39 bits per heavy atom. The molecule has 98 valence electrons. The fraction of sp³-hybridized carbons (Fsp3) is 0.750. The molecule has 2 bridgehead atoms. The van der Waals surface area contributed by atoms with E-state index in [1.54, 1.807) is 0 Å². The number of morpholine rings is 1. The van der Waals surface area contributed by atoms with Gasteiger partial charge < -0.3 is 9.64 Å². The van der Waals surface area contributed by atoms with Crippen molar-refractivity contribution in [3.05, 3.63) is 11.6 Å². The van der Waals surface area contributed by atoms with Crippen LogP contribution in [-0.4, -0.2) is 51.3 Å². The second-order valence-corrected chi connectivity index (χ2v) is 5.37. The number of hydrogen-bond donors (Lipinski definition) is 1. The summed E-state index contributed by atoms with van der Waals surface area (Å²) in [5.41, 5.74) is 0. The Morgan fingerprint density at radius 3 is 2.61 bits per heavy atom. The van der Waals surface area contributed by atoms with Gasteiger partial charge >= 0.3 is 0 Å². The molecule has 1 aromatic heterocycles. The summed E-state index contributed by atoms with van der Waals surface area (Å²) >= 11 is 0. The molecule has 2 aliphatic heterocycles. The van der Waals surface area contributed by atoms with Crippen LogP contribution in [0.25, 0.3) is 0 Å². The largest absolute Gasteiger partial charge is 0.371 e. The van der Waals surface area contributed by atoms with Crippen LogP contribution < -0.4 is 0 Å². The second kappa shape index (κ2) is 4.35. The van der Waals surface area contributed by atoms with Gasteiger partial charge in [0, 0.05) is 19.0 Å². The van der Waals surface area contributed by atoms with Gasteiger partial charge in [0.1, 0.15) is 5.82 Å². The van der Waals surface area contributed by atoms with E-state index >= 15 is 0 Å². The molecule has 2 aliphatic rings. The van der Waals surface area contributed by atoms with Crippen LogP contribution in [0.2, 0.25) is 0 Å². The number of ether oxygens (including phenoxy) is 1. The molecule has 3 rings (SSSR count). The minimum atomic E-state index is -0.0849. The van der Waals surface area contributed by atoms with Gasteiger partial charge in [0.25, 0.3) is 5.91 Å². The topological polar surface area (TPSA) is 71.1 Å². The Kier molecular flexibility index (Phi) is 2.81. The van der Waals surface area contributed by atoms with Crippen molar-refractivity contribution < 1.29 is 9.53 Å². The monoisotopic (exact) mass is 250 g/mol. The molecule has 1 aromatic rings. The lowest BCUT2D eigenvalue weighted by atomic mass is 10.2. The number of nitrogens with one attached hydrogen (secondary N) is 1. The number of nitrogens with zero attached hydrogens (tertiary/aromatic N) is 3. The molecule has 2 saturated heterocycles. The van der Waals surface area contributed by atoms with Gasteiger partial charge in [0.15, 0.2) is 0 Å². The van der Waals surface area contributed by atoms with Crippen molar-refractivity contribution in [3.63, 3.8) is 0 Å². The minimum Gasteiger partial charge on any atom is -0.371 e. The van der Waals surface area contributed by atoms with Gasteiger partial charge in [-0.15, -0.1) is 5.10 Å². The maximum absolute atomic E-state index is 12.3. The highest BCUT2D eigenvalue weighted by Crippen LogP contribution is 2.26. The Morgan fingerprint density at radius 2 is 2.06 bits per heavy atom. The van der Waals surface area contributed by atoms with E-state index in [-0.39, 0.29) is 29.9 Å². The summed E-state index contributed by atoms with van der Waals surface area (Å²) in [6, 6.07) is 0. The Bertz CT molecular complexity index is 445. The van der Waals surface area contributed by atoms with E-state index < -0.39 is 0 Å². The van der Waals surface area contributed by atoms with Crippen molar-refractivity contribution >= 4 is 5.91 Å². The zero-order chi connectivity index (χ0) is 12.7. The molecule has 6 heteroatoms. The summed E-state index contributed by atoms with van der Waals surface area (Å²) in [4.78, 5) is 18.4. The molecule has 2 atom stereocenters. The summed E-state index contributed by atoms with van der Waals surface area (Å²) in [5.74, 6) is 1.20. The first-order valence-electron chi connectivity index (χ1n) is 6.50. The van der Waals surface area contributed by atoms with Gasteiger partial charge in [-0.2, -0.15) is 0 Å². The fourth-order valence-corrected chi connectivity index (χ4v) is 2.55. The maximum atomic E-state index is 12.3. The van der Waals surface area contributed by atoms with Crippen molar-refractivity contribution in [2.45, 2.75) is 44.8 Å². The molecule has 1 N–H and O–H groups in total. The van der Waals surface area contributed by atoms with Crippen molar-refractivity contribution in [2.75, 3.05) is 13.1 Å². The van der Waals surface area contributed by atoms with Crippen molar-refractivity contribution in [3.8, 4) is 0 Å². The van der Waals surface area contributed by atoms with E-state index in [4.69, 9.17) is 4.74 Å². The predicted octanol–water partition coefficient (Wildman–Crippen LogP) is 0.931. The zero-order valence-corrected chi connectivity index (χ0v) is 10.7. The lowest BCUT2D eigenvalue weighted by Crippen LogP contribution is -2.46. The number of rotatable bonds is 2. The number of amides is 1. The maximum Gasteiger partial charge on any atom is 0.293 e. The molecule has 6 nitrogen and oxygen atoms in total. The molecule has 2 unspecified atom stereocenters. The van der Waals surface area contributed by atoms with E-state index in [1.165, 1.54) is 0 Å². The molecular formula is C12H18N4O2. The van der Waals surface area contributed by atoms with Crippen LogP contribution >= 0.6 is 0 Å². The summed E-state index contributed by atoms with van der Waals surface area (Å²) in [7, 11) is 0. The molecule has 0 spiro atoms. The molecule has 2 fully saturated rings. The van der Waals surface area contributed by atoms with E-state index in [0.29, 0.717) is 13.1 Å². The van der Waals surface area contributed by atoms with Crippen LogP contribution in [0.4, 0.5) is 0 Å². The number of carbonyl (C=O) groups is 1. The quantitative estimate of drug-likeness (QED) is 0.847. The van der Waals surface area contributed by atoms with E-state index in [1.807, 2.05) is 18.7 Å². The smallest absolute Gasteiger partial charge is 0.293 e. The van der Waals surface area contributed by atoms with Crippen LogP contribution in [0, 0.1) is 0 Å². The number of H-pyrrole nitrogens is 1.